The number of rotatable bonds is 4. The molecule has 2 rings (SSSR count). The Balaban J connectivity index is 2.13. The Hall–Kier alpha value is -1.95. The zero-order valence-electron chi connectivity index (χ0n) is 12.1. The molecule has 1 fully saturated rings. The highest BCUT2D eigenvalue weighted by atomic mass is 32.1. The molecule has 0 aliphatic carbocycles. The minimum absolute atomic E-state index is 0.157. The fourth-order valence-electron chi connectivity index (χ4n) is 2.31. The lowest BCUT2D eigenvalue weighted by Crippen LogP contribution is -2.46. The van der Waals surface area contributed by atoms with Crippen LogP contribution in [0.1, 0.15) is 26.7 Å². The number of amides is 2. The van der Waals surface area contributed by atoms with Crippen LogP contribution in [0.5, 0.6) is 5.75 Å². The fraction of sp³-hybridized carbons (Fsp3) is 0.400. The summed E-state index contributed by atoms with van der Waals surface area (Å²) in [6.07, 6.45) is 0.719. The molecule has 0 spiro atoms. The monoisotopic (exact) mass is 306 g/mol. The summed E-state index contributed by atoms with van der Waals surface area (Å²) in [5.41, 5.74) is 5.64. The van der Waals surface area contributed by atoms with Gasteiger partial charge in [0.25, 0.3) is 0 Å². The number of benzene rings is 1. The van der Waals surface area contributed by atoms with Gasteiger partial charge in [0.1, 0.15) is 17.3 Å². The van der Waals surface area contributed by atoms with Crippen LogP contribution in [0.25, 0.3) is 0 Å². The highest BCUT2D eigenvalue weighted by Gasteiger charge is 2.38. The van der Waals surface area contributed by atoms with E-state index in [2.05, 4.69) is 0 Å². The number of ether oxygens (including phenoxy) is 1. The summed E-state index contributed by atoms with van der Waals surface area (Å²) in [5, 5.41) is 0. The van der Waals surface area contributed by atoms with E-state index in [0.717, 1.165) is 0 Å². The summed E-state index contributed by atoms with van der Waals surface area (Å²) in [5.74, 6) is 0.241. The molecule has 1 aromatic carbocycles. The van der Waals surface area contributed by atoms with Gasteiger partial charge in [0.2, 0.25) is 11.8 Å². The SMILES string of the molecule is CC1(C)CC(=O)N(c2ccc(OCC(N)=S)cc2)C(=O)C1. The van der Waals surface area contributed by atoms with E-state index in [-0.39, 0.29) is 28.8 Å². The topological polar surface area (TPSA) is 72.6 Å². The maximum absolute atomic E-state index is 12.2. The van der Waals surface area contributed by atoms with E-state index in [1.165, 1.54) is 4.90 Å². The van der Waals surface area contributed by atoms with Gasteiger partial charge in [-0.05, 0) is 29.7 Å². The second-order valence-corrected chi connectivity index (χ2v) is 6.41. The van der Waals surface area contributed by atoms with Crippen molar-refractivity contribution in [2.45, 2.75) is 26.7 Å². The number of imide groups is 1. The predicted octanol–water partition coefficient (Wildman–Crippen LogP) is 2.03. The van der Waals surface area contributed by atoms with Crippen LogP contribution in [-0.4, -0.2) is 23.4 Å². The van der Waals surface area contributed by atoms with Gasteiger partial charge in [-0.15, -0.1) is 0 Å². The van der Waals surface area contributed by atoms with Crippen molar-refractivity contribution in [1.29, 1.82) is 0 Å². The van der Waals surface area contributed by atoms with Crippen LogP contribution >= 0.6 is 12.2 Å². The molecule has 0 aromatic heterocycles. The van der Waals surface area contributed by atoms with Crippen LogP contribution in [-0.2, 0) is 9.59 Å². The average Bonchev–Trinajstić information content (AvgIpc) is 2.35. The summed E-state index contributed by atoms with van der Waals surface area (Å²) in [6.45, 7) is 4.00. The zero-order chi connectivity index (χ0) is 15.6. The summed E-state index contributed by atoms with van der Waals surface area (Å²) >= 11 is 4.73. The van der Waals surface area contributed by atoms with Gasteiger partial charge in [-0.1, -0.05) is 26.1 Å². The Morgan fingerprint density at radius 1 is 1.24 bits per heavy atom. The smallest absolute Gasteiger partial charge is 0.234 e. The molecule has 6 heteroatoms. The summed E-state index contributed by atoms with van der Waals surface area (Å²) < 4.78 is 5.34. The predicted molar refractivity (Wildman–Crippen MR) is 84.2 cm³/mol. The number of anilines is 1. The lowest BCUT2D eigenvalue weighted by molar-refractivity contribution is -0.132. The average molecular weight is 306 g/mol. The molecule has 1 saturated heterocycles. The highest BCUT2D eigenvalue weighted by molar-refractivity contribution is 7.80. The summed E-state index contributed by atoms with van der Waals surface area (Å²) in [6, 6.07) is 6.74. The molecule has 1 heterocycles. The molecule has 2 N–H and O–H groups in total. The van der Waals surface area contributed by atoms with Crippen LogP contribution in [0.15, 0.2) is 24.3 Å². The van der Waals surface area contributed by atoms with Gasteiger partial charge in [-0.2, -0.15) is 0 Å². The maximum Gasteiger partial charge on any atom is 0.234 e. The molecular weight excluding hydrogens is 288 g/mol. The Morgan fingerprint density at radius 2 is 1.76 bits per heavy atom. The molecule has 2 amide bonds. The first-order valence-corrected chi connectivity index (χ1v) is 7.06. The van der Waals surface area contributed by atoms with Crippen molar-refractivity contribution in [3.05, 3.63) is 24.3 Å². The Kier molecular flexibility index (Phi) is 4.27. The number of thiocarbonyl (C=S) groups is 1. The number of hydrogen-bond acceptors (Lipinski definition) is 4. The normalized spacial score (nSPS) is 17.7. The van der Waals surface area contributed by atoms with Crippen molar-refractivity contribution < 1.29 is 14.3 Å². The van der Waals surface area contributed by atoms with E-state index in [1.807, 2.05) is 13.8 Å². The molecule has 1 aromatic rings. The van der Waals surface area contributed by atoms with E-state index in [1.54, 1.807) is 24.3 Å². The van der Waals surface area contributed by atoms with Gasteiger partial charge in [-0.25, -0.2) is 0 Å². The number of piperidine rings is 1. The van der Waals surface area contributed by atoms with Gasteiger partial charge < -0.3 is 10.5 Å². The van der Waals surface area contributed by atoms with Gasteiger partial charge in [0.05, 0.1) is 5.69 Å². The molecule has 1 aliphatic heterocycles. The van der Waals surface area contributed by atoms with Crippen molar-refractivity contribution in [2.75, 3.05) is 11.5 Å². The standard InChI is InChI=1S/C15H18N2O3S/c1-15(2)7-13(18)17(14(19)8-15)10-3-5-11(6-4-10)20-9-12(16)21/h3-6H,7-9H2,1-2H3,(H2,16,21). The molecule has 1 aliphatic rings. The maximum atomic E-state index is 12.2. The van der Waals surface area contributed by atoms with Crippen LogP contribution in [0, 0.1) is 5.41 Å². The summed E-state index contributed by atoms with van der Waals surface area (Å²) in [4.78, 5) is 25.8. The van der Waals surface area contributed by atoms with Crippen molar-refractivity contribution in [3.8, 4) is 5.75 Å². The van der Waals surface area contributed by atoms with Crippen LogP contribution in [0.2, 0.25) is 0 Å². The molecular formula is C15H18N2O3S. The molecule has 21 heavy (non-hydrogen) atoms. The molecule has 0 radical (unpaired) electrons. The third kappa shape index (κ3) is 3.78. The largest absolute Gasteiger partial charge is 0.487 e. The molecule has 0 saturated carbocycles. The van der Waals surface area contributed by atoms with E-state index < -0.39 is 0 Å². The minimum atomic E-state index is -0.273. The zero-order valence-corrected chi connectivity index (χ0v) is 12.9. The first-order chi connectivity index (χ1) is 9.78. The van der Waals surface area contributed by atoms with E-state index in [0.29, 0.717) is 24.3 Å². The van der Waals surface area contributed by atoms with Crippen molar-refractivity contribution >= 4 is 34.7 Å². The first-order valence-electron chi connectivity index (χ1n) is 6.65. The first kappa shape index (κ1) is 15.4. The quantitative estimate of drug-likeness (QED) is 0.680. The lowest BCUT2D eigenvalue weighted by Gasteiger charge is -2.34. The second kappa shape index (κ2) is 5.81. The molecule has 112 valence electrons. The van der Waals surface area contributed by atoms with Crippen molar-refractivity contribution in [2.24, 2.45) is 11.1 Å². The van der Waals surface area contributed by atoms with E-state index in [9.17, 15) is 9.59 Å². The van der Waals surface area contributed by atoms with E-state index in [4.69, 9.17) is 22.7 Å². The third-order valence-electron chi connectivity index (χ3n) is 3.23. The lowest BCUT2D eigenvalue weighted by atomic mass is 9.81. The highest BCUT2D eigenvalue weighted by Crippen LogP contribution is 2.34. The molecule has 0 atom stereocenters. The minimum Gasteiger partial charge on any atom is -0.487 e. The third-order valence-corrected chi connectivity index (χ3v) is 3.35. The molecule has 5 nitrogen and oxygen atoms in total. The number of nitrogens with zero attached hydrogens (tertiary/aromatic N) is 1. The molecule has 0 bridgehead atoms. The number of carbonyl (C=O) groups is 2. The van der Waals surface area contributed by atoms with Crippen LogP contribution < -0.4 is 15.4 Å². The second-order valence-electron chi connectivity index (χ2n) is 5.89. The van der Waals surface area contributed by atoms with Crippen molar-refractivity contribution in [1.82, 2.24) is 0 Å². The molecule has 0 unspecified atom stereocenters. The number of hydrogen-bond donors (Lipinski definition) is 1. The van der Waals surface area contributed by atoms with Gasteiger partial charge in [-0.3, -0.25) is 14.5 Å². The number of nitrogens with two attached hydrogens (primary N) is 1. The van der Waals surface area contributed by atoms with E-state index >= 15 is 0 Å². The van der Waals surface area contributed by atoms with Gasteiger partial charge >= 0.3 is 0 Å². The van der Waals surface area contributed by atoms with Gasteiger partial charge in [0.15, 0.2) is 0 Å². The van der Waals surface area contributed by atoms with Crippen LogP contribution in [0.3, 0.4) is 0 Å². The van der Waals surface area contributed by atoms with Crippen LogP contribution in [0.4, 0.5) is 5.69 Å². The number of carbonyl (C=O) groups excluding carboxylic acids is 2. The van der Waals surface area contributed by atoms with Crippen molar-refractivity contribution in [3.63, 3.8) is 0 Å². The summed E-state index contributed by atoms with van der Waals surface area (Å²) in [7, 11) is 0. The fourth-order valence-corrected chi connectivity index (χ4v) is 2.37. The Morgan fingerprint density at radius 3 is 2.24 bits per heavy atom. The Labute approximate surface area is 129 Å². The van der Waals surface area contributed by atoms with Gasteiger partial charge in [0, 0.05) is 12.8 Å². The Bertz CT molecular complexity index is 561.